The average molecular weight is 261 g/mol. The molecule has 0 spiro atoms. The van der Waals surface area contributed by atoms with Crippen LogP contribution in [-0.2, 0) is 11.3 Å². The number of benzene rings is 1. The maximum absolute atomic E-state index is 10.8. The molecule has 1 atom stereocenters. The highest BCUT2D eigenvalue weighted by Crippen LogP contribution is 2.22. The van der Waals surface area contributed by atoms with E-state index in [9.17, 15) is 4.79 Å². The number of nitrogens with zero attached hydrogens (tertiary/aromatic N) is 1. The molecule has 1 aliphatic heterocycles. The second-order valence-electron chi connectivity index (χ2n) is 4.60. The Labute approximate surface area is 112 Å². The van der Waals surface area contributed by atoms with Crippen LogP contribution in [0.2, 0.25) is 0 Å². The number of carbonyl (C=O) groups is 1. The summed E-state index contributed by atoms with van der Waals surface area (Å²) in [5, 5.41) is 0. The van der Waals surface area contributed by atoms with Gasteiger partial charge in [0.05, 0.1) is 0 Å². The molecule has 2 rings (SSSR count). The molecule has 5 nitrogen and oxygen atoms in total. The zero-order valence-electron chi connectivity index (χ0n) is 10.8. The van der Waals surface area contributed by atoms with E-state index >= 15 is 0 Å². The summed E-state index contributed by atoms with van der Waals surface area (Å²) in [5.41, 5.74) is 12.0. The molecular formula is C14H19N3O2. The first-order chi connectivity index (χ1) is 9.19. The first-order valence-corrected chi connectivity index (χ1v) is 6.36. The van der Waals surface area contributed by atoms with Gasteiger partial charge in [0.25, 0.3) is 0 Å². The zero-order chi connectivity index (χ0) is 13.7. The molecule has 1 unspecified atom stereocenters. The van der Waals surface area contributed by atoms with Crippen LogP contribution in [0.25, 0.3) is 0 Å². The van der Waals surface area contributed by atoms with Crippen LogP contribution >= 0.6 is 0 Å². The number of carbonyl (C=O) groups excluding carboxylic acids is 1. The number of ether oxygens (including phenoxy) is 1. The van der Waals surface area contributed by atoms with Crippen LogP contribution < -0.4 is 11.5 Å². The van der Waals surface area contributed by atoms with Gasteiger partial charge >= 0.3 is 6.09 Å². The number of rotatable bonds is 4. The molecule has 1 aromatic rings. The Morgan fingerprint density at radius 3 is 2.74 bits per heavy atom. The molecule has 1 aliphatic rings. The molecule has 102 valence electrons. The van der Waals surface area contributed by atoms with Gasteiger partial charge in [-0.05, 0) is 12.0 Å². The van der Waals surface area contributed by atoms with Gasteiger partial charge in [0.15, 0.2) is 0 Å². The maximum Gasteiger partial charge on any atom is 0.409 e. The highest BCUT2D eigenvalue weighted by Gasteiger charge is 2.22. The lowest BCUT2D eigenvalue weighted by Crippen LogP contribution is -2.39. The molecule has 0 radical (unpaired) electrons. The van der Waals surface area contributed by atoms with E-state index in [0.29, 0.717) is 18.7 Å². The van der Waals surface area contributed by atoms with E-state index in [0.717, 1.165) is 13.0 Å². The third-order valence-electron chi connectivity index (χ3n) is 3.21. The van der Waals surface area contributed by atoms with Crippen molar-refractivity contribution in [3.05, 3.63) is 47.9 Å². The van der Waals surface area contributed by atoms with Crippen LogP contribution in [-0.4, -0.2) is 23.6 Å². The number of allylic oxidation sites excluding steroid dienone is 1. The fourth-order valence-corrected chi connectivity index (χ4v) is 2.26. The molecule has 4 N–H and O–H groups in total. The van der Waals surface area contributed by atoms with E-state index in [-0.39, 0.29) is 6.04 Å². The molecule has 5 heteroatoms. The van der Waals surface area contributed by atoms with Gasteiger partial charge in [-0.3, -0.25) is 0 Å². The molecule has 0 aliphatic carbocycles. The highest BCUT2D eigenvalue weighted by atomic mass is 16.5. The van der Waals surface area contributed by atoms with Crippen LogP contribution in [0, 0.1) is 0 Å². The Hall–Kier alpha value is -2.01. The van der Waals surface area contributed by atoms with Crippen molar-refractivity contribution < 1.29 is 9.53 Å². The number of hydrogen-bond acceptors (Lipinski definition) is 4. The molecule has 0 saturated heterocycles. The van der Waals surface area contributed by atoms with Crippen LogP contribution in [0.5, 0.6) is 0 Å². The van der Waals surface area contributed by atoms with Crippen molar-refractivity contribution in [1.29, 1.82) is 0 Å². The Morgan fingerprint density at radius 2 is 2.11 bits per heavy atom. The van der Waals surface area contributed by atoms with Gasteiger partial charge in [-0.1, -0.05) is 30.3 Å². The lowest BCUT2D eigenvalue weighted by molar-refractivity contribution is 0.161. The first-order valence-electron chi connectivity index (χ1n) is 6.36. The lowest BCUT2D eigenvalue weighted by Gasteiger charge is -2.34. The Kier molecular flexibility index (Phi) is 4.41. The van der Waals surface area contributed by atoms with Crippen molar-refractivity contribution >= 4 is 6.09 Å². The minimum atomic E-state index is -0.767. The van der Waals surface area contributed by atoms with E-state index in [1.807, 2.05) is 24.4 Å². The van der Waals surface area contributed by atoms with Gasteiger partial charge < -0.3 is 21.1 Å². The summed E-state index contributed by atoms with van der Waals surface area (Å²) in [7, 11) is 0. The maximum atomic E-state index is 10.8. The zero-order valence-corrected chi connectivity index (χ0v) is 10.8. The van der Waals surface area contributed by atoms with Gasteiger partial charge in [-0.15, -0.1) is 0 Å². The topological polar surface area (TPSA) is 81.6 Å². The van der Waals surface area contributed by atoms with Crippen molar-refractivity contribution in [2.24, 2.45) is 11.5 Å². The molecule has 19 heavy (non-hydrogen) atoms. The molecule has 1 aromatic carbocycles. The molecule has 0 bridgehead atoms. The lowest BCUT2D eigenvalue weighted by atomic mass is 10.0. The summed E-state index contributed by atoms with van der Waals surface area (Å²) in [4.78, 5) is 12.9. The molecule has 0 fully saturated rings. The monoisotopic (exact) mass is 261 g/mol. The number of nitrogens with two attached hydrogens (primary N) is 2. The minimum Gasteiger partial charge on any atom is -0.413 e. The molecule has 0 saturated carbocycles. The highest BCUT2D eigenvalue weighted by molar-refractivity contribution is 5.65. The van der Waals surface area contributed by atoms with Crippen LogP contribution in [0.3, 0.4) is 0 Å². The van der Waals surface area contributed by atoms with Gasteiger partial charge in [0.2, 0.25) is 0 Å². The summed E-state index contributed by atoms with van der Waals surface area (Å²) >= 11 is 0. The third kappa shape index (κ3) is 3.72. The predicted molar refractivity (Wildman–Crippen MR) is 72.8 cm³/mol. The second kappa shape index (κ2) is 6.24. The standard InChI is InChI=1S/C14H19N3O2/c15-8-12-6-7-13(19-14(16)18)10-17(12)9-11-4-2-1-3-5-11/h1-5,10,12H,6-9,15H2,(H2,16,18). The largest absolute Gasteiger partial charge is 0.413 e. The SMILES string of the molecule is NCC1CCC(OC(N)=O)=CN1Cc1ccccc1. The van der Waals surface area contributed by atoms with E-state index in [4.69, 9.17) is 16.2 Å². The summed E-state index contributed by atoms with van der Waals surface area (Å²) < 4.78 is 4.97. The smallest absolute Gasteiger partial charge is 0.409 e. The number of hydrogen-bond donors (Lipinski definition) is 2. The normalized spacial score (nSPS) is 18.9. The number of primary amides is 1. The van der Waals surface area contributed by atoms with Crippen LogP contribution in [0.15, 0.2) is 42.3 Å². The van der Waals surface area contributed by atoms with Crippen molar-refractivity contribution in [2.45, 2.75) is 25.4 Å². The summed E-state index contributed by atoms with van der Waals surface area (Å²) in [6, 6.07) is 10.4. The van der Waals surface area contributed by atoms with E-state index in [1.54, 1.807) is 0 Å². The Bertz CT molecular complexity index is 459. The number of amides is 1. The molecular weight excluding hydrogens is 242 g/mol. The van der Waals surface area contributed by atoms with Crippen molar-refractivity contribution in [3.8, 4) is 0 Å². The predicted octanol–water partition coefficient (Wildman–Crippen LogP) is 1.55. The van der Waals surface area contributed by atoms with Crippen LogP contribution in [0.4, 0.5) is 4.79 Å². The van der Waals surface area contributed by atoms with E-state index in [1.165, 1.54) is 5.56 Å². The van der Waals surface area contributed by atoms with Crippen molar-refractivity contribution in [1.82, 2.24) is 4.90 Å². The average Bonchev–Trinajstić information content (AvgIpc) is 2.39. The van der Waals surface area contributed by atoms with Gasteiger partial charge in [-0.2, -0.15) is 0 Å². The quantitative estimate of drug-likeness (QED) is 0.861. The van der Waals surface area contributed by atoms with Gasteiger partial charge in [0.1, 0.15) is 5.76 Å². The fraction of sp³-hybridized carbons (Fsp3) is 0.357. The summed E-state index contributed by atoms with van der Waals surface area (Å²) in [5.74, 6) is 0.605. The van der Waals surface area contributed by atoms with Crippen molar-refractivity contribution in [2.75, 3.05) is 6.54 Å². The minimum absolute atomic E-state index is 0.264. The van der Waals surface area contributed by atoms with Crippen LogP contribution in [0.1, 0.15) is 18.4 Å². The molecule has 1 heterocycles. The fourth-order valence-electron chi connectivity index (χ4n) is 2.26. The Morgan fingerprint density at radius 1 is 1.37 bits per heavy atom. The third-order valence-corrected chi connectivity index (χ3v) is 3.21. The Balaban J connectivity index is 2.11. The second-order valence-corrected chi connectivity index (χ2v) is 4.60. The van der Waals surface area contributed by atoms with E-state index < -0.39 is 6.09 Å². The molecule has 0 aromatic heterocycles. The van der Waals surface area contributed by atoms with Gasteiger partial charge in [-0.25, -0.2) is 4.79 Å². The summed E-state index contributed by atoms with van der Waals surface area (Å²) in [6.07, 6.45) is 2.63. The van der Waals surface area contributed by atoms with Crippen molar-refractivity contribution in [3.63, 3.8) is 0 Å². The first kappa shape index (κ1) is 13.4. The van der Waals surface area contributed by atoms with Gasteiger partial charge in [0, 0.05) is 31.8 Å². The molecule has 1 amide bonds. The van der Waals surface area contributed by atoms with E-state index in [2.05, 4.69) is 17.0 Å². The summed E-state index contributed by atoms with van der Waals surface area (Å²) in [6.45, 7) is 1.32.